The van der Waals surface area contributed by atoms with E-state index < -0.39 is 17.1 Å². The Hall–Kier alpha value is -3.84. The first kappa shape index (κ1) is 22.9. The van der Waals surface area contributed by atoms with Crippen LogP contribution in [0.1, 0.15) is 25.0 Å². The van der Waals surface area contributed by atoms with Gasteiger partial charge in [0.2, 0.25) is 0 Å². The van der Waals surface area contributed by atoms with Crippen LogP contribution in [0, 0.1) is 0 Å². The zero-order valence-electron chi connectivity index (χ0n) is 19.4. The molecule has 1 aromatic heterocycles. The maximum atomic E-state index is 12.9. The van der Waals surface area contributed by atoms with Crippen molar-refractivity contribution in [1.82, 2.24) is 9.47 Å². The van der Waals surface area contributed by atoms with E-state index >= 15 is 0 Å². The van der Waals surface area contributed by atoms with Crippen LogP contribution in [-0.4, -0.2) is 39.2 Å². The van der Waals surface area contributed by atoms with Crippen molar-refractivity contribution in [3.8, 4) is 0 Å². The molecule has 3 aromatic carbocycles. The summed E-state index contributed by atoms with van der Waals surface area (Å²) >= 11 is 0.842. The van der Waals surface area contributed by atoms with Crippen molar-refractivity contribution in [2.45, 2.75) is 26.5 Å². The monoisotopic (exact) mass is 484 g/mol. The lowest BCUT2D eigenvalue weighted by Crippen LogP contribution is -2.35. The number of nitrogens with zero attached hydrogens (tertiary/aromatic N) is 2. The number of carbonyl (C=O) groups is 3. The van der Waals surface area contributed by atoms with Crippen LogP contribution < -0.4 is 0 Å². The number of imide groups is 1. The quantitative estimate of drug-likeness (QED) is 0.254. The minimum atomic E-state index is -0.601. The van der Waals surface area contributed by atoms with Crippen molar-refractivity contribution in [1.29, 1.82) is 0 Å². The van der Waals surface area contributed by atoms with E-state index in [4.69, 9.17) is 4.74 Å². The Labute approximate surface area is 207 Å². The maximum Gasteiger partial charge on any atom is 0.326 e. The summed E-state index contributed by atoms with van der Waals surface area (Å²) in [5.41, 5.74) is 3.04. The summed E-state index contributed by atoms with van der Waals surface area (Å²) < 4.78 is 7.24. The fraction of sp³-hybridized carbons (Fsp3) is 0.179. The first-order valence-electron chi connectivity index (χ1n) is 11.4. The van der Waals surface area contributed by atoms with E-state index in [0.717, 1.165) is 33.1 Å². The SMILES string of the molecule is CC(C)OC(=O)CN1C(=O)S/C(=C/c2cn(Cc3ccc4ccccc4c3)c3ccccc23)C1=O. The van der Waals surface area contributed by atoms with Gasteiger partial charge in [-0.25, -0.2) is 0 Å². The molecule has 0 N–H and O–H groups in total. The number of hydrogen-bond acceptors (Lipinski definition) is 5. The maximum absolute atomic E-state index is 12.9. The number of amides is 2. The lowest BCUT2D eigenvalue weighted by molar-refractivity contribution is -0.149. The van der Waals surface area contributed by atoms with Gasteiger partial charge in [0.1, 0.15) is 6.54 Å². The number of thioether (sulfide) groups is 1. The van der Waals surface area contributed by atoms with Gasteiger partial charge in [-0.05, 0) is 60.2 Å². The Morgan fingerprint density at radius 3 is 2.54 bits per heavy atom. The molecule has 0 bridgehead atoms. The van der Waals surface area contributed by atoms with E-state index in [0.29, 0.717) is 11.4 Å². The highest BCUT2D eigenvalue weighted by Crippen LogP contribution is 2.34. The number of fused-ring (bicyclic) bond motifs is 2. The number of ether oxygens (including phenoxy) is 1. The molecule has 0 atom stereocenters. The first-order chi connectivity index (χ1) is 16.9. The molecule has 6 nitrogen and oxygen atoms in total. The lowest BCUT2D eigenvalue weighted by atomic mass is 10.1. The fourth-order valence-corrected chi connectivity index (χ4v) is 5.09. The van der Waals surface area contributed by atoms with Crippen molar-refractivity contribution < 1.29 is 19.1 Å². The second kappa shape index (κ2) is 9.43. The fourth-order valence-electron chi connectivity index (χ4n) is 4.26. The van der Waals surface area contributed by atoms with E-state index in [9.17, 15) is 14.4 Å². The highest BCUT2D eigenvalue weighted by atomic mass is 32.2. The van der Waals surface area contributed by atoms with Crippen LogP contribution in [0.25, 0.3) is 27.8 Å². The van der Waals surface area contributed by atoms with Gasteiger partial charge in [0.15, 0.2) is 0 Å². The lowest BCUT2D eigenvalue weighted by Gasteiger charge is -2.13. The van der Waals surface area contributed by atoms with Crippen LogP contribution in [0.3, 0.4) is 0 Å². The average Bonchev–Trinajstić information content (AvgIpc) is 3.30. The molecular formula is C28H24N2O4S. The van der Waals surface area contributed by atoms with Crippen molar-refractivity contribution >= 4 is 56.6 Å². The third kappa shape index (κ3) is 4.72. The van der Waals surface area contributed by atoms with Gasteiger partial charge < -0.3 is 9.30 Å². The predicted octanol–water partition coefficient (Wildman–Crippen LogP) is 5.83. The molecule has 1 fully saturated rings. The molecule has 35 heavy (non-hydrogen) atoms. The first-order valence-corrected chi connectivity index (χ1v) is 12.2. The van der Waals surface area contributed by atoms with Gasteiger partial charge in [-0.15, -0.1) is 0 Å². The smallest absolute Gasteiger partial charge is 0.326 e. The number of hydrogen-bond donors (Lipinski definition) is 0. The van der Waals surface area contributed by atoms with Gasteiger partial charge in [0.25, 0.3) is 11.1 Å². The highest BCUT2D eigenvalue weighted by molar-refractivity contribution is 8.18. The zero-order chi connectivity index (χ0) is 24.5. The summed E-state index contributed by atoms with van der Waals surface area (Å²) in [4.78, 5) is 38.6. The van der Waals surface area contributed by atoms with Gasteiger partial charge in [-0.3, -0.25) is 19.3 Å². The summed E-state index contributed by atoms with van der Waals surface area (Å²) in [5.74, 6) is -1.08. The summed E-state index contributed by atoms with van der Waals surface area (Å²) in [6.07, 6.45) is 3.42. The van der Waals surface area contributed by atoms with E-state index in [2.05, 4.69) is 34.9 Å². The third-order valence-corrected chi connectivity index (χ3v) is 6.71. The largest absolute Gasteiger partial charge is 0.462 e. The molecule has 5 rings (SSSR count). The Morgan fingerprint density at radius 1 is 1.00 bits per heavy atom. The molecule has 0 radical (unpaired) electrons. The van der Waals surface area contributed by atoms with Crippen LogP contribution in [0.4, 0.5) is 4.79 Å². The van der Waals surface area contributed by atoms with Crippen LogP contribution in [0.5, 0.6) is 0 Å². The standard InChI is InChI=1S/C28H24N2O4S/c1-18(2)34-26(31)17-30-27(32)25(35-28(30)33)14-22-16-29(24-10-6-5-9-23(22)24)15-19-11-12-20-7-3-4-8-21(20)13-19/h3-14,16,18H,15,17H2,1-2H3/b25-14+. The van der Waals surface area contributed by atoms with Crippen LogP contribution >= 0.6 is 11.8 Å². The van der Waals surface area contributed by atoms with Crippen LogP contribution in [0.15, 0.2) is 77.8 Å². The van der Waals surface area contributed by atoms with Gasteiger partial charge in [0, 0.05) is 29.2 Å². The Morgan fingerprint density at radius 2 is 1.74 bits per heavy atom. The molecule has 4 aromatic rings. The molecule has 2 amide bonds. The second-order valence-electron chi connectivity index (χ2n) is 8.72. The molecule has 0 unspecified atom stereocenters. The van der Waals surface area contributed by atoms with Gasteiger partial charge in [0.05, 0.1) is 11.0 Å². The Balaban J connectivity index is 1.44. The topological polar surface area (TPSA) is 68.6 Å². The van der Waals surface area contributed by atoms with Crippen molar-refractivity contribution in [2.75, 3.05) is 6.54 Å². The van der Waals surface area contributed by atoms with Crippen molar-refractivity contribution in [3.05, 3.63) is 89.0 Å². The molecule has 1 saturated heterocycles. The molecule has 1 aliphatic rings. The molecule has 176 valence electrons. The molecule has 0 aliphatic carbocycles. The van der Waals surface area contributed by atoms with E-state index in [-0.39, 0.29) is 12.6 Å². The predicted molar refractivity (Wildman–Crippen MR) is 139 cm³/mol. The van der Waals surface area contributed by atoms with Gasteiger partial charge >= 0.3 is 5.97 Å². The summed E-state index contributed by atoms with van der Waals surface area (Å²) in [5, 5.41) is 2.90. The second-order valence-corrected chi connectivity index (χ2v) is 9.71. The van der Waals surface area contributed by atoms with Crippen LogP contribution in [0.2, 0.25) is 0 Å². The van der Waals surface area contributed by atoms with E-state index in [1.54, 1.807) is 19.9 Å². The number of carbonyl (C=O) groups excluding carboxylic acids is 3. The molecule has 0 saturated carbocycles. The zero-order valence-corrected chi connectivity index (χ0v) is 20.2. The molecule has 2 heterocycles. The average molecular weight is 485 g/mol. The molecular weight excluding hydrogens is 460 g/mol. The minimum Gasteiger partial charge on any atom is -0.462 e. The minimum absolute atomic E-state index is 0.293. The summed E-state index contributed by atoms with van der Waals surface area (Å²) in [7, 11) is 0. The van der Waals surface area contributed by atoms with Crippen LogP contribution in [-0.2, 0) is 20.9 Å². The third-order valence-electron chi connectivity index (χ3n) is 5.80. The Kier molecular flexibility index (Phi) is 6.17. The molecule has 1 aliphatic heterocycles. The molecule has 7 heteroatoms. The summed E-state index contributed by atoms with van der Waals surface area (Å²) in [6, 6.07) is 22.7. The van der Waals surface area contributed by atoms with Gasteiger partial charge in [-0.2, -0.15) is 0 Å². The number of para-hydroxylation sites is 1. The summed E-state index contributed by atoms with van der Waals surface area (Å²) in [6.45, 7) is 3.73. The van der Waals surface area contributed by atoms with E-state index in [1.807, 2.05) is 42.6 Å². The Bertz CT molecular complexity index is 1500. The number of esters is 1. The number of rotatable bonds is 6. The highest BCUT2D eigenvalue weighted by Gasteiger charge is 2.37. The number of aromatic nitrogens is 1. The van der Waals surface area contributed by atoms with Crippen molar-refractivity contribution in [3.63, 3.8) is 0 Å². The molecule has 0 spiro atoms. The number of benzene rings is 3. The normalized spacial score (nSPS) is 15.2. The van der Waals surface area contributed by atoms with E-state index in [1.165, 1.54) is 16.3 Å². The van der Waals surface area contributed by atoms with Crippen molar-refractivity contribution in [2.24, 2.45) is 0 Å². The van der Waals surface area contributed by atoms with Gasteiger partial charge in [-0.1, -0.05) is 54.6 Å².